The molecule has 2 N–H and O–H groups in total. The third-order valence-corrected chi connectivity index (χ3v) is 5.04. The maximum absolute atomic E-state index is 12.1. The Kier molecular flexibility index (Phi) is 4.39. The molecule has 0 bridgehead atoms. The van der Waals surface area contributed by atoms with Crippen molar-refractivity contribution < 1.29 is 4.79 Å². The maximum atomic E-state index is 12.1. The molecule has 2 fully saturated rings. The van der Waals surface area contributed by atoms with E-state index in [1.807, 2.05) is 6.92 Å². The van der Waals surface area contributed by atoms with Gasteiger partial charge in [0.25, 0.3) is 0 Å². The fourth-order valence-corrected chi connectivity index (χ4v) is 3.30. The summed E-state index contributed by atoms with van der Waals surface area (Å²) in [6.45, 7) is 6.70. The number of amides is 1. The minimum Gasteiger partial charge on any atom is -0.337 e. The Balaban J connectivity index is 1.81. The average Bonchev–Trinajstić information content (AvgIpc) is 3.21. The predicted octanol–water partition coefficient (Wildman–Crippen LogP) is 2.35. The van der Waals surface area contributed by atoms with Crippen LogP contribution in [0.5, 0.6) is 0 Å². The maximum Gasteiger partial charge on any atom is 0.235 e. The molecule has 2 atom stereocenters. The molecular formula is C16H27N3O. The second-order valence-corrected chi connectivity index (χ2v) is 7.30. The van der Waals surface area contributed by atoms with Crippen LogP contribution in [0.25, 0.3) is 0 Å². The van der Waals surface area contributed by atoms with Crippen molar-refractivity contribution in [3.05, 3.63) is 0 Å². The number of nitrogens with zero attached hydrogens (tertiary/aromatic N) is 1. The lowest BCUT2D eigenvalue weighted by molar-refractivity contribution is -0.122. The second kappa shape index (κ2) is 5.73. The predicted molar refractivity (Wildman–Crippen MR) is 78.9 cm³/mol. The van der Waals surface area contributed by atoms with E-state index >= 15 is 0 Å². The van der Waals surface area contributed by atoms with E-state index in [-0.39, 0.29) is 11.3 Å². The van der Waals surface area contributed by atoms with Gasteiger partial charge >= 0.3 is 0 Å². The normalized spacial score (nSPS) is 28.2. The highest BCUT2D eigenvalue weighted by molar-refractivity contribution is 5.79. The lowest BCUT2D eigenvalue weighted by Gasteiger charge is -2.39. The molecule has 4 heteroatoms. The molecule has 0 aliphatic heterocycles. The summed E-state index contributed by atoms with van der Waals surface area (Å²) in [4.78, 5) is 12.1. The van der Waals surface area contributed by atoms with Crippen molar-refractivity contribution in [3.63, 3.8) is 0 Å². The summed E-state index contributed by atoms with van der Waals surface area (Å²) in [5.41, 5.74) is -0.422. The molecule has 2 aliphatic carbocycles. The van der Waals surface area contributed by atoms with Gasteiger partial charge in [-0.05, 0) is 43.9 Å². The van der Waals surface area contributed by atoms with Gasteiger partial charge in [-0.1, -0.05) is 26.7 Å². The van der Waals surface area contributed by atoms with Gasteiger partial charge in [0.05, 0.1) is 12.6 Å². The summed E-state index contributed by atoms with van der Waals surface area (Å²) < 4.78 is 0. The van der Waals surface area contributed by atoms with Crippen LogP contribution in [0.15, 0.2) is 0 Å². The molecule has 0 radical (unpaired) electrons. The summed E-state index contributed by atoms with van der Waals surface area (Å²) in [5, 5.41) is 15.6. The summed E-state index contributed by atoms with van der Waals surface area (Å²) in [5.74, 6) is 0.282. The van der Waals surface area contributed by atoms with E-state index < -0.39 is 5.54 Å². The molecule has 0 saturated heterocycles. The molecule has 2 rings (SSSR count). The smallest absolute Gasteiger partial charge is 0.235 e. The highest BCUT2D eigenvalue weighted by Gasteiger charge is 2.43. The first-order chi connectivity index (χ1) is 9.37. The Morgan fingerprint density at radius 3 is 2.60 bits per heavy atom. The lowest BCUT2D eigenvalue weighted by atomic mass is 9.73. The monoisotopic (exact) mass is 277 g/mol. The van der Waals surface area contributed by atoms with Crippen LogP contribution in [-0.2, 0) is 4.79 Å². The third kappa shape index (κ3) is 3.52. The van der Waals surface area contributed by atoms with Crippen LogP contribution >= 0.6 is 0 Å². The second-order valence-electron chi connectivity index (χ2n) is 7.30. The first-order valence-corrected chi connectivity index (χ1v) is 7.83. The third-order valence-electron chi connectivity index (χ3n) is 5.04. The molecule has 0 aromatic heterocycles. The van der Waals surface area contributed by atoms with Gasteiger partial charge < -0.3 is 10.6 Å². The van der Waals surface area contributed by atoms with Gasteiger partial charge in [-0.15, -0.1) is 0 Å². The largest absolute Gasteiger partial charge is 0.337 e. The van der Waals surface area contributed by atoms with E-state index in [4.69, 9.17) is 0 Å². The topological polar surface area (TPSA) is 64.9 Å². The Morgan fingerprint density at radius 2 is 2.05 bits per heavy atom. The number of hydrogen-bond donors (Lipinski definition) is 2. The lowest BCUT2D eigenvalue weighted by Crippen LogP contribution is -2.52. The molecule has 0 aromatic rings. The minimum atomic E-state index is -0.680. The molecule has 112 valence electrons. The zero-order chi connectivity index (χ0) is 14.8. The summed E-state index contributed by atoms with van der Waals surface area (Å²) in [6, 6.07) is 2.67. The molecule has 1 amide bonds. The van der Waals surface area contributed by atoms with Crippen LogP contribution in [-0.4, -0.2) is 24.0 Å². The SMILES string of the molecule is CC1(C)CCCC[C@H]1NCC(=O)N[C@@](C)(C#N)C1CC1. The number of hydrogen-bond acceptors (Lipinski definition) is 3. The van der Waals surface area contributed by atoms with Gasteiger partial charge in [-0.25, -0.2) is 0 Å². The summed E-state index contributed by atoms with van der Waals surface area (Å²) in [6.07, 6.45) is 6.97. The molecule has 4 nitrogen and oxygen atoms in total. The number of carbonyl (C=O) groups is 1. The Morgan fingerprint density at radius 1 is 1.35 bits per heavy atom. The van der Waals surface area contributed by atoms with Crippen LogP contribution in [0.1, 0.15) is 59.3 Å². The first kappa shape index (κ1) is 15.3. The van der Waals surface area contributed by atoms with Crippen LogP contribution in [0.3, 0.4) is 0 Å². The van der Waals surface area contributed by atoms with Crippen LogP contribution < -0.4 is 10.6 Å². The van der Waals surface area contributed by atoms with E-state index in [0.29, 0.717) is 18.5 Å². The first-order valence-electron chi connectivity index (χ1n) is 7.83. The molecule has 0 unspecified atom stereocenters. The Bertz CT molecular complexity index is 408. The van der Waals surface area contributed by atoms with E-state index in [1.54, 1.807) is 0 Å². The van der Waals surface area contributed by atoms with Crippen molar-refractivity contribution in [2.24, 2.45) is 11.3 Å². The van der Waals surface area contributed by atoms with Crippen LogP contribution in [0.4, 0.5) is 0 Å². The molecule has 2 aliphatic rings. The van der Waals surface area contributed by atoms with Crippen molar-refractivity contribution >= 4 is 5.91 Å². The molecule has 2 saturated carbocycles. The number of nitrogens with one attached hydrogen (secondary N) is 2. The highest BCUT2D eigenvalue weighted by Crippen LogP contribution is 2.39. The number of rotatable bonds is 5. The van der Waals surface area contributed by atoms with Gasteiger partial charge in [-0.2, -0.15) is 5.26 Å². The average molecular weight is 277 g/mol. The van der Waals surface area contributed by atoms with Gasteiger partial charge in [-0.3, -0.25) is 4.79 Å². The van der Waals surface area contributed by atoms with Gasteiger partial charge in [0.1, 0.15) is 5.54 Å². The van der Waals surface area contributed by atoms with E-state index in [2.05, 4.69) is 30.6 Å². The molecule has 0 spiro atoms. The van der Waals surface area contributed by atoms with Gasteiger partial charge in [0.2, 0.25) is 5.91 Å². The number of carbonyl (C=O) groups excluding carboxylic acids is 1. The summed E-state index contributed by atoms with van der Waals surface area (Å²) in [7, 11) is 0. The fourth-order valence-electron chi connectivity index (χ4n) is 3.30. The standard InChI is InChI=1S/C16H27N3O/c1-15(2)9-5-4-6-13(15)18-10-14(20)19-16(3,11-17)12-7-8-12/h12-13,18H,4-10H2,1-3H3,(H,19,20)/t13-,16+/m1/s1. The highest BCUT2D eigenvalue weighted by atomic mass is 16.2. The van der Waals surface area contributed by atoms with E-state index in [9.17, 15) is 10.1 Å². The van der Waals surface area contributed by atoms with Gasteiger partial charge in [0.15, 0.2) is 0 Å². The number of nitriles is 1. The van der Waals surface area contributed by atoms with E-state index in [0.717, 1.165) is 19.3 Å². The van der Waals surface area contributed by atoms with Crippen molar-refractivity contribution in [2.45, 2.75) is 70.9 Å². The van der Waals surface area contributed by atoms with Crippen LogP contribution in [0, 0.1) is 22.7 Å². The fraction of sp³-hybridized carbons (Fsp3) is 0.875. The molecule has 0 aromatic carbocycles. The Labute approximate surface area is 122 Å². The Hall–Kier alpha value is -1.08. The summed E-state index contributed by atoms with van der Waals surface area (Å²) >= 11 is 0. The van der Waals surface area contributed by atoms with Crippen molar-refractivity contribution in [1.29, 1.82) is 5.26 Å². The van der Waals surface area contributed by atoms with E-state index in [1.165, 1.54) is 19.3 Å². The zero-order valence-electron chi connectivity index (χ0n) is 13.0. The van der Waals surface area contributed by atoms with Gasteiger partial charge in [0, 0.05) is 6.04 Å². The minimum absolute atomic E-state index is 0.0534. The van der Waals surface area contributed by atoms with Crippen LogP contribution in [0.2, 0.25) is 0 Å². The molecular weight excluding hydrogens is 250 g/mol. The molecule has 20 heavy (non-hydrogen) atoms. The van der Waals surface area contributed by atoms with Crippen molar-refractivity contribution in [2.75, 3.05) is 6.54 Å². The molecule has 0 heterocycles. The van der Waals surface area contributed by atoms with Crippen molar-refractivity contribution in [3.8, 4) is 6.07 Å². The zero-order valence-corrected chi connectivity index (χ0v) is 13.0. The van der Waals surface area contributed by atoms with Crippen molar-refractivity contribution in [1.82, 2.24) is 10.6 Å². The quantitative estimate of drug-likeness (QED) is 0.810.